The van der Waals surface area contributed by atoms with Gasteiger partial charge in [-0.25, -0.2) is 18.1 Å². The quantitative estimate of drug-likeness (QED) is 0.421. The Morgan fingerprint density at radius 2 is 2.12 bits per heavy atom. The maximum Gasteiger partial charge on any atom is 0.287 e. The van der Waals surface area contributed by atoms with Crippen molar-refractivity contribution in [3.63, 3.8) is 0 Å². The van der Waals surface area contributed by atoms with E-state index in [4.69, 9.17) is 0 Å². The number of hydrogen-bond donors (Lipinski definition) is 2. The molecule has 0 radical (unpaired) electrons. The van der Waals surface area contributed by atoms with E-state index in [1.54, 1.807) is 0 Å². The van der Waals surface area contributed by atoms with Gasteiger partial charge in [-0.05, 0) is 6.07 Å². The molecule has 0 amide bonds. The van der Waals surface area contributed by atoms with E-state index in [9.17, 15) is 18.5 Å². The summed E-state index contributed by atoms with van der Waals surface area (Å²) in [5, 5.41) is 13.2. The summed E-state index contributed by atoms with van der Waals surface area (Å²) < 4.78 is 23.8. The first-order chi connectivity index (χ1) is 7.88. The van der Waals surface area contributed by atoms with E-state index in [2.05, 4.69) is 15.0 Å². The number of anilines is 1. The standard InChI is InChI=1S/C8H12N4O4S/c1-17(15,16)11-5-4-9-8-3-2-7(6-10-8)12(13)14/h2-3,6,11H,4-5H2,1H3,(H,9,10). The number of nitro groups is 1. The second kappa shape index (κ2) is 5.55. The summed E-state index contributed by atoms with van der Waals surface area (Å²) in [5.74, 6) is 0.450. The highest BCUT2D eigenvalue weighted by Crippen LogP contribution is 2.11. The first-order valence-electron chi connectivity index (χ1n) is 4.67. The van der Waals surface area contributed by atoms with E-state index in [0.717, 1.165) is 12.5 Å². The molecule has 0 aliphatic rings. The second-order valence-corrected chi connectivity index (χ2v) is 5.09. The maximum absolute atomic E-state index is 10.7. The van der Waals surface area contributed by atoms with Gasteiger partial charge in [0.15, 0.2) is 0 Å². The number of pyridine rings is 1. The number of rotatable bonds is 6. The summed E-state index contributed by atoms with van der Waals surface area (Å²) in [6.07, 6.45) is 2.20. The molecular weight excluding hydrogens is 248 g/mol. The molecule has 0 saturated carbocycles. The van der Waals surface area contributed by atoms with E-state index in [1.165, 1.54) is 12.1 Å². The van der Waals surface area contributed by atoms with Crippen molar-refractivity contribution in [2.75, 3.05) is 24.7 Å². The Morgan fingerprint density at radius 1 is 1.41 bits per heavy atom. The van der Waals surface area contributed by atoms with Gasteiger partial charge < -0.3 is 5.32 Å². The number of hydrogen-bond acceptors (Lipinski definition) is 6. The molecule has 2 N–H and O–H groups in total. The Hall–Kier alpha value is -1.74. The Morgan fingerprint density at radius 3 is 2.59 bits per heavy atom. The Labute approximate surface area is 98.3 Å². The smallest absolute Gasteiger partial charge is 0.287 e. The largest absolute Gasteiger partial charge is 0.369 e. The minimum atomic E-state index is -3.20. The van der Waals surface area contributed by atoms with Crippen LogP contribution in [0.5, 0.6) is 0 Å². The van der Waals surface area contributed by atoms with Crippen LogP contribution < -0.4 is 10.0 Å². The number of sulfonamides is 1. The van der Waals surface area contributed by atoms with Gasteiger partial charge >= 0.3 is 0 Å². The zero-order chi connectivity index (χ0) is 12.9. The lowest BCUT2D eigenvalue weighted by atomic mass is 10.4. The molecule has 0 spiro atoms. The van der Waals surface area contributed by atoms with Gasteiger partial charge in [0, 0.05) is 19.2 Å². The molecule has 0 aliphatic heterocycles. The van der Waals surface area contributed by atoms with Crippen molar-refractivity contribution in [2.24, 2.45) is 0 Å². The van der Waals surface area contributed by atoms with Crippen LogP contribution in [-0.4, -0.2) is 37.7 Å². The first-order valence-corrected chi connectivity index (χ1v) is 6.56. The van der Waals surface area contributed by atoms with Crippen LogP contribution in [0, 0.1) is 10.1 Å². The van der Waals surface area contributed by atoms with Crippen molar-refractivity contribution in [3.05, 3.63) is 28.4 Å². The van der Waals surface area contributed by atoms with Crippen molar-refractivity contribution in [1.29, 1.82) is 0 Å². The SMILES string of the molecule is CS(=O)(=O)NCCNc1ccc([N+](=O)[O-])cn1. The predicted molar refractivity (Wildman–Crippen MR) is 62.2 cm³/mol. The number of nitrogens with one attached hydrogen (secondary N) is 2. The molecule has 0 aromatic carbocycles. The van der Waals surface area contributed by atoms with Gasteiger partial charge in [-0.1, -0.05) is 0 Å². The van der Waals surface area contributed by atoms with Crippen LogP contribution in [0.1, 0.15) is 0 Å². The topological polar surface area (TPSA) is 114 Å². The fraction of sp³-hybridized carbons (Fsp3) is 0.375. The summed E-state index contributed by atoms with van der Waals surface area (Å²) in [6.45, 7) is 0.565. The molecule has 0 aliphatic carbocycles. The van der Waals surface area contributed by atoms with Crippen LogP contribution in [0.15, 0.2) is 18.3 Å². The average molecular weight is 260 g/mol. The van der Waals surface area contributed by atoms with Crippen molar-refractivity contribution in [3.8, 4) is 0 Å². The van der Waals surface area contributed by atoms with Gasteiger partial charge in [0.05, 0.1) is 11.2 Å². The van der Waals surface area contributed by atoms with Gasteiger partial charge in [0.25, 0.3) is 5.69 Å². The lowest BCUT2D eigenvalue weighted by molar-refractivity contribution is -0.385. The molecule has 0 saturated heterocycles. The third-order valence-corrected chi connectivity index (χ3v) is 2.48. The summed E-state index contributed by atoms with van der Waals surface area (Å²) in [7, 11) is -3.20. The minimum absolute atomic E-state index is 0.0928. The normalized spacial score (nSPS) is 11.1. The molecular formula is C8H12N4O4S. The molecule has 17 heavy (non-hydrogen) atoms. The highest BCUT2D eigenvalue weighted by molar-refractivity contribution is 7.88. The Kier molecular flexibility index (Phi) is 4.35. The molecule has 1 heterocycles. The van der Waals surface area contributed by atoms with E-state index in [1.807, 2.05) is 0 Å². The van der Waals surface area contributed by atoms with Crippen molar-refractivity contribution in [2.45, 2.75) is 0 Å². The first kappa shape index (κ1) is 13.3. The molecule has 8 nitrogen and oxygen atoms in total. The highest BCUT2D eigenvalue weighted by atomic mass is 32.2. The Balaban J connectivity index is 2.40. The highest BCUT2D eigenvalue weighted by Gasteiger charge is 2.04. The third kappa shape index (κ3) is 5.22. The second-order valence-electron chi connectivity index (χ2n) is 3.25. The molecule has 0 fully saturated rings. The van der Waals surface area contributed by atoms with E-state index in [-0.39, 0.29) is 12.2 Å². The van der Waals surface area contributed by atoms with Gasteiger partial charge in [-0.2, -0.15) is 0 Å². The molecule has 1 aromatic heterocycles. The van der Waals surface area contributed by atoms with Crippen LogP contribution in [0.25, 0.3) is 0 Å². The Bertz CT molecular complexity index is 485. The van der Waals surface area contributed by atoms with Gasteiger partial charge in [-0.15, -0.1) is 0 Å². The monoisotopic (exact) mass is 260 g/mol. The van der Waals surface area contributed by atoms with Crippen molar-refractivity contribution in [1.82, 2.24) is 9.71 Å². The fourth-order valence-corrected chi connectivity index (χ4v) is 1.50. The van der Waals surface area contributed by atoms with Gasteiger partial charge in [-0.3, -0.25) is 10.1 Å². The van der Waals surface area contributed by atoms with Crippen LogP contribution in [0.4, 0.5) is 11.5 Å². The zero-order valence-electron chi connectivity index (χ0n) is 9.08. The van der Waals surface area contributed by atoms with E-state index < -0.39 is 14.9 Å². The lowest BCUT2D eigenvalue weighted by Crippen LogP contribution is -2.27. The molecule has 0 bridgehead atoms. The zero-order valence-corrected chi connectivity index (χ0v) is 9.90. The molecule has 0 unspecified atom stereocenters. The molecule has 0 atom stereocenters. The lowest BCUT2D eigenvalue weighted by Gasteiger charge is -2.05. The van der Waals surface area contributed by atoms with E-state index >= 15 is 0 Å². The summed E-state index contributed by atoms with van der Waals surface area (Å²) in [5.41, 5.74) is -0.0928. The molecule has 1 rings (SSSR count). The summed E-state index contributed by atoms with van der Waals surface area (Å²) >= 11 is 0. The number of nitrogens with zero attached hydrogens (tertiary/aromatic N) is 2. The molecule has 94 valence electrons. The van der Waals surface area contributed by atoms with Crippen LogP contribution in [0.3, 0.4) is 0 Å². The third-order valence-electron chi connectivity index (χ3n) is 1.75. The maximum atomic E-state index is 10.7. The van der Waals surface area contributed by atoms with E-state index in [0.29, 0.717) is 12.4 Å². The fourth-order valence-electron chi connectivity index (χ4n) is 1.03. The van der Waals surface area contributed by atoms with Gasteiger partial charge in [0.1, 0.15) is 12.0 Å². The van der Waals surface area contributed by atoms with Crippen molar-refractivity contribution >= 4 is 21.5 Å². The molecule has 1 aromatic rings. The van der Waals surface area contributed by atoms with Crippen molar-refractivity contribution < 1.29 is 13.3 Å². The summed E-state index contributed by atoms with van der Waals surface area (Å²) in [4.78, 5) is 13.6. The predicted octanol–water partition coefficient (Wildman–Crippen LogP) is -0.0491. The number of aromatic nitrogens is 1. The minimum Gasteiger partial charge on any atom is -0.369 e. The van der Waals surface area contributed by atoms with Crippen LogP contribution in [0.2, 0.25) is 0 Å². The van der Waals surface area contributed by atoms with Crippen LogP contribution >= 0.6 is 0 Å². The van der Waals surface area contributed by atoms with Crippen LogP contribution in [-0.2, 0) is 10.0 Å². The van der Waals surface area contributed by atoms with Gasteiger partial charge in [0.2, 0.25) is 10.0 Å². The molecule has 9 heteroatoms. The average Bonchev–Trinajstić information content (AvgIpc) is 2.24. The summed E-state index contributed by atoms with van der Waals surface area (Å²) in [6, 6.07) is 2.78.